The first kappa shape index (κ1) is 12.1. The van der Waals surface area contributed by atoms with Gasteiger partial charge in [0.15, 0.2) is 0 Å². The number of carbonyl (C=O) groups excluding carboxylic acids is 1. The number of thiazole rings is 1. The maximum Gasteiger partial charge on any atom is 0.348 e. The third-order valence-electron chi connectivity index (χ3n) is 2.42. The van der Waals surface area contributed by atoms with E-state index < -0.39 is 0 Å². The van der Waals surface area contributed by atoms with Crippen LogP contribution in [0.1, 0.15) is 20.9 Å². The summed E-state index contributed by atoms with van der Waals surface area (Å²) in [6.07, 6.45) is 0. The number of esters is 1. The van der Waals surface area contributed by atoms with Crippen molar-refractivity contribution in [3.8, 4) is 0 Å². The normalized spacial score (nSPS) is 10.5. The fourth-order valence-corrected chi connectivity index (χ4v) is 3.06. The molecule has 0 aliphatic heterocycles. The zero-order chi connectivity index (χ0) is 12.4. The predicted octanol–water partition coefficient (Wildman–Crippen LogP) is 2.11. The van der Waals surface area contributed by atoms with Gasteiger partial charge in [0.1, 0.15) is 4.88 Å². The fraction of sp³-hybridized carbons (Fsp3) is 0.273. The molecular formula is C11H11NO3S2. The lowest BCUT2D eigenvalue weighted by atomic mass is 10.2. The number of methoxy groups -OCH3 is 1. The van der Waals surface area contributed by atoms with Crippen LogP contribution in [-0.4, -0.2) is 17.6 Å². The van der Waals surface area contributed by atoms with Crippen LogP contribution in [0.25, 0.3) is 0 Å². The molecule has 0 unspecified atom stereocenters. The summed E-state index contributed by atoms with van der Waals surface area (Å²) in [6, 6.07) is 1.85. The van der Waals surface area contributed by atoms with Gasteiger partial charge in [-0.1, -0.05) is 11.3 Å². The van der Waals surface area contributed by atoms with Crippen LogP contribution in [0.4, 0.5) is 0 Å². The highest BCUT2D eigenvalue weighted by Gasteiger charge is 2.15. The number of hydrogen-bond donors (Lipinski definition) is 0. The highest BCUT2D eigenvalue weighted by molar-refractivity contribution is 7.12. The highest BCUT2D eigenvalue weighted by Crippen LogP contribution is 2.19. The summed E-state index contributed by atoms with van der Waals surface area (Å²) in [5.74, 6) is -0.351. The summed E-state index contributed by atoms with van der Waals surface area (Å²) in [5, 5.41) is 3.64. The van der Waals surface area contributed by atoms with Crippen molar-refractivity contribution in [2.75, 3.05) is 7.11 Å². The van der Waals surface area contributed by atoms with Crippen LogP contribution in [0, 0.1) is 6.92 Å². The van der Waals surface area contributed by atoms with Crippen molar-refractivity contribution in [1.82, 2.24) is 4.57 Å². The van der Waals surface area contributed by atoms with Gasteiger partial charge in [0.2, 0.25) is 0 Å². The van der Waals surface area contributed by atoms with Crippen molar-refractivity contribution in [1.29, 1.82) is 0 Å². The molecule has 0 saturated carbocycles. The predicted molar refractivity (Wildman–Crippen MR) is 68.1 cm³/mol. The Hall–Kier alpha value is -1.40. The topological polar surface area (TPSA) is 48.3 Å². The van der Waals surface area contributed by atoms with Crippen LogP contribution in [0.3, 0.4) is 0 Å². The Morgan fingerprint density at radius 2 is 2.24 bits per heavy atom. The Morgan fingerprint density at radius 3 is 2.82 bits per heavy atom. The molecule has 2 heterocycles. The minimum absolute atomic E-state index is 0.00971. The quantitative estimate of drug-likeness (QED) is 0.802. The van der Waals surface area contributed by atoms with Crippen molar-refractivity contribution in [3.63, 3.8) is 0 Å². The van der Waals surface area contributed by atoms with Crippen molar-refractivity contribution in [2.24, 2.45) is 0 Å². The van der Waals surface area contributed by atoms with Gasteiger partial charge in [0, 0.05) is 11.1 Å². The van der Waals surface area contributed by atoms with Gasteiger partial charge in [-0.15, -0.1) is 11.3 Å². The molecule has 0 atom stereocenters. The summed E-state index contributed by atoms with van der Waals surface area (Å²) in [6.45, 7) is 2.30. The number of thiophene rings is 1. The number of aryl methyl sites for hydroxylation is 1. The lowest BCUT2D eigenvalue weighted by Crippen LogP contribution is -2.16. The van der Waals surface area contributed by atoms with E-state index in [1.807, 2.05) is 23.8 Å². The molecule has 2 aromatic rings. The first-order valence-electron chi connectivity index (χ1n) is 4.93. The number of nitrogens with zero attached hydrogens (tertiary/aromatic N) is 1. The molecule has 0 bridgehead atoms. The van der Waals surface area contributed by atoms with Gasteiger partial charge in [-0.2, -0.15) is 0 Å². The minimum atomic E-state index is -0.351. The Labute approximate surface area is 106 Å². The van der Waals surface area contributed by atoms with E-state index in [1.165, 1.54) is 29.8 Å². The molecule has 90 valence electrons. The fourth-order valence-electron chi connectivity index (χ4n) is 1.50. The molecule has 0 aliphatic carbocycles. The number of hydrogen-bond acceptors (Lipinski definition) is 5. The third kappa shape index (κ3) is 2.32. The molecule has 2 rings (SSSR count). The van der Waals surface area contributed by atoms with Gasteiger partial charge in [-0.25, -0.2) is 4.79 Å². The first-order valence-corrected chi connectivity index (χ1v) is 6.69. The average molecular weight is 269 g/mol. The molecule has 0 saturated heterocycles. The molecule has 0 radical (unpaired) electrons. The number of ether oxygens (including phenoxy) is 1. The Morgan fingerprint density at radius 1 is 1.47 bits per heavy atom. The third-order valence-corrected chi connectivity index (χ3v) is 4.24. The summed E-state index contributed by atoms with van der Waals surface area (Å²) in [5.41, 5.74) is 1.73. The summed E-state index contributed by atoms with van der Waals surface area (Å²) in [4.78, 5) is 23.6. The molecule has 0 N–H and O–H groups in total. The van der Waals surface area contributed by atoms with Crippen molar-refractivity contribution >= 4 is 28.6 Å². The standard InChI is InChI=1S/C11H11NO3S2/c1-7-6-17-11(14)12(7)5-8-3-4-16-9(8)10(13)15-2/h3-4,6H,5H2,1-2H3. The molecule has 0 fully saturated rings. The summed E-state index contributed by atoms with van der Waals surface area (Å²) in [7, 11) is 1.36. The second-order valence-corrected chi connectivity index (χ2v) is 5.23. The van der Waals surface area contributed by atoms with Crippen LogP contribution in [-0.2, 0) is 11.3 Å². The van der Waals surface area contributed by atoms with E-state index in [1.54, 1.807) is 4.57 Å². The van der Waals surface area contributed by atoms with Crippen molar-refractivity contribution < 1.29 is 9.53 Å². The average Bonchev–Trinajstić information content (AvgIpc) is 2.90. The van der Waals surface area contributed by atoms with E-state index in [0.29, 0.717) is 11.4 Å². The van der Waals surface area contributed by atoms with E-state index >= 15 is 0 Å². The Kier molecular flexibility index (Phi) is 3.44. The van der Waals surface area contributed by atoms with Gasteiger partial charge < -0.3 is 4.74 Å². The Balaban J connectivity index is 2.34. The van der Waals surface area contributed by atoms with Gasteiger partial charge in [-0.3, -0.25) is 9.36 Å². The molecule has 6 heteroatoms. The monoisotopic (exact) mass is 269 g/mol. The molecule has 2 aromatic heterocycles. The second-order valence-electron chi connectivity index (χ2n) is 3.50. The van der Waals surface area contributed by atoms with E-state index in [-0.39, 0.29) is 10.8 Å². The maximum absolute atomic E-state index is 11.6. The summed E-state index contributed by atoms with van der Waals surface area (Å²) < 4.78 is 6.35. The molecule has 4 nitrogen and oxygen atoms in total. The minimum Gasteiger partial charge on any atom is -0.465 e. The van der Waals surface area contributed by atoms with Crippen molar-refractivity contribution in [2.45, 2.75) is 13.5 Å². The van der Waals surface area contributed by atoms with E-state index in [0.717, 1.165) is 11.3 Å². The van der Waals surface area contributed by atoms with Crippen LogP contribution in [0.2, 0.25) is 0 Å². The van der Waals surface area contributed by atoms with Crippen LogP contribution in [0.15, 0.2) is 21.6 Å². The van der Waals surface area contributed by atoms with Crippen LogP contribution in [0.5, 0.6) is 0 Å². The van der Waals surface area contributed by atoms with E-state index in [2.05, 4.69) is 0 Å². The first-order chi connectivity index (χ1) is 8.13. The molecular weight excluding hydrogens is 258 g/mol. The van der Waals surface area contributed by atoms with Crippen LogP contribution >= 0.6 is 22.7 Å². The Bertz CT molecular complexity index is 594. The van der Waals surface area contributed by atoms with Crippen molar-refractivity contribution in [3.05, 3.63) is 42.6 Å². The molecule has 0 aliphatic rings. The lowest BCUT2D eigenvalue weighted by Gasteiger charge is -2.04. The smallest absolute Gasteiger partial charge is 0.348 e. The molecule has 0 aromatic carbocycles. The number of rotatable bonds is 3. The largest absolute Gasteiger partial charge is 0.465 e. The molecule has 0 spiro atoms. The number of carbonyl (C=O) groups is 1. The SMILES string of the molecule is COC(=O)c1sccc1Cn1c(C)csc1=O. The molecule has 17 heavy (non-hydrogen) atoms. The highest BCUT2D eigenvalue weighted by atomic mass is 32.1. The zero-order valence-corrected chi connectivity index (χ0v) is 11.1. The van der Waals surface area contributed by atoms with Crippen LogP contribution < -0.4 is 4.87 Å². The van der Waals surface area contributed by atoms with E-state index in [9.17, 15) is 9.59 Å². The zero-order valence-electron chi connectivity index (χ0n) is 9.43. The van der Waals surface area contributed by atoms with Gasteiger partial charge in [-0.05, 0) is 23.9 Å². The lowest BCUT2D eigenvalue weighted by molar-refractivity contribution is 0.0605. The second kappa shape index (κ2) is 4.85. The summed E-state index contributed by atoms with van der Waals surface area (Å²) >= 11 is 2.50. The number of aromatic nitrogens is 1. The molecule has 0 amide bonds. The van der Waals surface area contributed by atoms with Gasteiger partial charge >= 0.3 is 10.8 Å². The maximum atomic E-state index is 11.6. The van der Waals surface area contributed by atoms with E-state index in [4.69, 9.17) is 4.74 Å². The van der Waals surface area contributed by atoms with Gasteiger partial charge in [0.25, 0.3) is 0 Å². The van der Waals surface area contributed by atoms with Gasteiger partial charge in [0.05, 0.1) is 13.7 Å².